The highest BCUT2D eigenvalue weighted by Crippen LogP contribution is 2.25. The number of carbonyl (C=O) groups excluding carboxylic acids is 3. The number of esters is 1. The Morgan fingerprint density at radius 1 is 1.31 bits per heavy atom. The Morgan fingerprint density at radius 3 is 2.69 bits per heavy atom. The number of carbonyl (C=O) groups is 3. The zero-order chi connectivity index (χ0) is 18.7. The van der Waals surface area contributed by atoms with Gasteiger partial charge in [0.15, 0.2) is 5.76 Å². The van der Waals surface area contributed by atoms with Crippen LogP contribution in [0.15, 0.2) is 33.4 Å². The summed E-state index contributed by atoms with van der Waals surface area (Å²) in [6, 6.07) is 4.42. The van der Waals surface area contributed by atoms with E-state index in [2.05, 4.69) is 10.5 Å². The second-order valence-electron chi connectivity index (χ2n) is 5.93. The van der Waals surface area contributed by atoms with Gasteiger partial charge in [0.1, 0.15) is 24.4 Å². The number of hydrogen-bond acceptors (Lipinski definition) is 7. The molecule has 2 aromatic heterocycles. The Morgan fingerprint density at radius 2 is 2.08 bits per heavy atom. The van der Waals surface area contributed by atoms with E-state index in [-0.39, 0.29) is 6.61 Å². The van der Waals surface area contributed by atoms with Crippen LogP contribution in [0.1, 0.15) is 32.4 Å². The molecule has 0 aliphatic carbocycles. The summed E-state index contributed by atoms with van der Waals surface area (Å²) in [6.07, 6.45) is 2.41. The largest absolute Gasteiger partial charge is 0.461 e. The summed E-state index contributed by atoms with van der Waals surface area (Å²) in [5.41, 5.74) is -0.556. The Labute approximate surface area is 149 Å². The van der Waals surface area contributed by atoms with Gasteiger partial charge in [-0.15, -0.1) is 0 Å². The second-order valence-corrected chi connectivity index (χ2v) is 5.93. The lowest BCUT2D eigenvalue weighted by Crippen LogP contribution is -2.46. The first-order valence-electron chi connectivity index (χ1n) is 8.28. The van der Waals surface area contributed by atoms with Crippen molar-refractivity contribution in [3.63, 3.8) is 0 Å². The van der Waals surface area contributed by atoms with Gasteiger partial charge in [-0.25, -0.2) is 4.79 Å². The van der Waals surface area contributed by atoms with E-state index in [0.29, 0.717) is 30.1 Å². The maximum absolute atomic E-state index is 12.4. The fourth-order valence-electron chi connectivity index (χ4n) is 2.79. The van der Waals surface area contributed by atoms with Crippen LogP contribution in [-0.2, 0) is 20.9 Å². The molecule has 26 heavy (non-hydrogen) atoms. The van der Waals surface area contributed by atoms with E-state index < -0.39 is 30.0 Å². The third kappa shape index (κ3) is 3.19. The molecule has 9 heteroatoms. The van der Waals surface area contributed by atoms with Crippen LogP contribution in [0.3, 0.4) is 0 Å². The molecule has 0 radical (unpaired) electrons. The van der Waals surface area contributed by atoms with Crippen molar-refractivity contribution in [2.45, 2.75) is 38.8 Å². The van der Waals surface area contributed by atoms with Crippen LogP contribution in [0.5, 0.6) is 0 Å². The summed E-state index contributed by atoms with van der Waals surface area (Å²) in [6.45, 7) is 3.03. The van der Waals surface area contributed by atoms with Crippen LogP contribution in [0.25, 0.3) is 11.5 Å². The number of nitrogens with zero attached hydrogens (tertiary/aromatic N) is 2. The zero-order valence-corrected chi connectivity index (χ0v) is 14.5. The fourth-order valence-corrected chi connectivity index (χ4v) is 2.79. The second kappa shape index (κ2) is 7.03. The number of imide groups is 1. The topological polar surface area (TPSA) is 115 Å². The Hall–Kier alpha value is -3.10. The quantitative estimate of drug-likeness (QED) is 0.593. The van der Waals surface area contributed by atoms with Gasteiger partial charge in [0.05, 0.1) is 6.26 Å². The SMILES string of the molecule is CCC1(CC)NC(=O)N(CC(=O)OCc2cc(-c3ccco3)on2)C1=O. The lowest BCUT2D eigenvalue weighted by atomic mass is 9.93. The van der Waals surface area contributed by atoms with Crippen molar-refractivity contribution in [2.75, 3.05) is 6.54 Å². The van der Waals surface area contributed by atoms with Gasteiger partial charge in [0, 0.05) is 6.07 Å². The van der Waals surface area contributed by atoms with Crippen molar-refractivity contribution < 1.29 is 28.1 Å². The summed E-state index contributed by atoms with van der Waals surface area (Å²) in [5, 5.41) is 6.44. The minimum absolute atomic E-state index is 0.139. The van der Waals surface area contributed by atoms with Crippen LogP contribution in [0.2, 0.25) is 0 Å². The molecule has 3 amide bonds. The number of ether oxygens (including phenoxy) is 1. The molecular weight excluding hydrogens is 342 g/mol. The molecule has 2 aromatic rings. The minimum Gasteiger partial charge on any atom is -0.461 e. The van der Waals surface area contributed by atoms with Gasteiger partial charge in [-0.2, -0.15) is 0 Å². The molecule has 1 fully saturated rings. The van der Waals surface area contributed by atoms with Crippen LogP contribution in [0.4, 0.5) is 4.79 Å². The van der Waals surface area contributed by atoms with E-state index in [0.717, 1.165) is 4.90 Å². The van der Waals surface area contributed by atoms with Crippen LogP contribution in [0, 0.1) is 0 Å². The molecule has 1 saturated heterocycles. The molecule has 3 heterocycles. The van der Waals surface area contributed by atoms with Crippen molar-refractivity contribution >= 4 is 17.9 Å². The number of aromatic nitrogens is 1. The van der Waals surface area contributed by atoms with Crippen LogP contribution >= 0.6 is 0 Å². The number of furan rings is 1. The minimum atomic E-state index is -0.943. The van der Waals surface area contributed by atoms with Gasteiger partial charge in [-0.3, -0.25) is 14.5 Å². The molecule has 0 saturated carbocycles. The summed E-state index contributed by atoms with van der Waals surface area (Å²) in [7, 11) is 0. The standard InChI is InChI=1S/C17H19N3O6/c1-3-17(4-2)15(22)20(16(23)18-17)9-14(21)25-10-11-8-13(26-19-11)12-6-5-7-24-12/h5-8H,3-4,9-10H2,1-2H3,(H,18,23). The Balaban J connectivity index is 1.56. The summed E-state index contributed by atoms with van der Waals surface area (Å²) < 4.78 is 15.4. The number of hydrogen-bond donors (Lipinski definition) is 1. The van der Waals surface area contributed by atoms with Crippen molar-refractivity contribution in [3.05, 3.63) is 30.2 Å². The van der Waals surface area contributed by atoms with Crippen molar-refractivity contribution in [3.8, 4) is 11.5 Å². The molecule has 1 aliphatic rings. The maximum atomic E-state index is 12.4. The molecule has 0 atom stereocenters. The van der Waals surface area contributed by atoms with E-state index in [9.17, 15) is 14.4 Å². The maximum Gasteiger partial charge on any atom is 0.326 e. The molecule has 0 spiro atoms. The average Bonchev–Trinajstić information content (AvgIpc) is 3.36. The predicted octanol–water partition coefficient (Wildman–Crippen LogP) is 2.09. The number of nitrogens with one attached hydrogen (secondary N) is 1. The number of urea groups is 1. The predicted molar refractivity (Wildman–Crippen MR) is 87.6 cm³/mol. The van der Waals surface area contributed by atoms with E-state index in [1.54, 1.807) is 18.2 Å². The van der Waals surface area contributed by atoms with Crippen molar-refractivity contribution in [1.82, 2.24) is 15.4 Å². The Kier molecular flexibility index (Phi) is 4.79. The zero-order valence-electron chi connectivity index (χ0n) is 14.5. The van der Waals surface area contributed by atoms with E-state index in [1.807, 2.05) is 13.8 Å². The molecule has 1 N–H and O–H groups in total. The lowest BCUT2D eigenvalue weighted by Gasteiger charge is -2.22. The first kappa shape index (κ1) is 17.7. The first-order chi connectivity index (χ1) is 12.5. The molecule has 0 bridgehead atoms. The van der Waals surface area contributed by atoms with Gasteiger partial charge >= 0.3 is 12.0 Å². The lowest BCUT2D eigenvalue weighted by molar-refractivity contribution is -0.149. The third-order valence-electron chi connectivity index (χ3n) is 4.44. The highest BCUT2D eigenvalue weighted by Gasteiger charge is 2.49. The molecule has 0 aromatic carbocycles. The summed E-state index contributed by atoms with van der Waals surface area (Å²) >= 11 is 0. The van der Waals surface area contributed by atoms with Gasteiger partial charge in [0.2, 0.25) is 5.76 Å². The number of amides is 3. The van der Waals surface area contributed by atoms with E-state index in [1.165, 1.54) is 6.26 Å². The van der Waals surface area contributed by atoms with Crippen molar-refractivity contribution in [2.24, 2.45) is 0 Å². The average molecular weight is 361 g/mol. The highest BCUT2D eigenvalue weighted by atomic mass is 16.5. The molecule has 1 aliphatic heterocycles. The van der Waals surface area contributed by atoms with E-state index in [4.69, 9.17) is 13.7 Å². The van der Waals surface area contributed by atoms with Gasteiger partial charge in [-0.05, 0) is 25.0 Å². The number of rotatable bonds is 7. The summed E-state index contributed by atoms with van der Waals surface area (Å²) in [4.78, 5) is 37.3. The molecule has 3 rings (SSSR count). The van der Waals surface area contributed by atoms with Crippen LogP contribution in [-0.4, -0.2) is 40.0 Å². The van der Waals surface area contributed by atoms with Crippen LogP contribution < -0.4 is 5.32 Å². The third-order valence-corrected chi connectivity index (χ3v) is 4.44. The summed E-state index contributed by atoms with van der Waals surface area (Å²) in [5.74, 6) is -0.208. The van der Waals surface area contributed by atoms with Gasteiger partial charge in [-0.1, -0.05) is 19.0 Å². The van der Waals surface area contributed by atoms with Gasteiger partial charge in [0.25, 0.3) is 5.91 Å². The molecule has 138 valence electrons. The van der Waals surface area contributed by atoms with Gasteiger partial charge < -0.3 is 19.0 Å². The van der Waals surface area contributed by atoms with Crippen molar-refractivity contribution in [1.29, 1.82) is 0 Å². The van der Waals surface area contributed by atoms with E-state index >= 15 is 0 Å². The monoisotopic (exact) mass is 361 g/mol. The Bertz CT molecular complexity index is 806. The highest BCUT2D eigenvalue weighted by molar-refractivity contribution is 6.08. The molecule has 9 nitrogen and oxygen atoms in total. The normalized spacial score (nSPS) is 16.0. The fraction of sp³-hybridized carbons (Fsp3) is 0.412. The first-order valence-corrected chi connectivity index (χ1v) is 8.28. The molecular formula is C17H19N3O6. The molecule has 0 unspecified atom stereocenters. The smallest absolute Gasteiger partial charge is 0.326 e.